The average Bonchev–Trinajstić information content (AvgIpc) is 2.79. The fourth-order valence-electron chi connectivity index (χ4n) is 2.36. The van der Waals surface area contributed by atoms with Gasteiger partial charge in [-0.05, 0) is 43.2 Å². The van der Waals surface area contributed by atoms with Crippen molar-refractivity contribution < 1.29 is 0 Å². The molecule has 0 amide bonds. The van der Waals surface area contributed by atoms with Crippen LogP contribution in [-0.2, 0) is 6.42 Å². The Morgan fingerprint density at radius 1 is 1.24 bits per heavy atom. The number of benzene rings is 1. The molecule has 0 fully saturated rings. The number of fused-ring (bicyclic) bond motifs is 1. The zero-order valence-corrected chi connectivity index (χ0v) is 14.2. The predicted molar refractivity (Wildman–Crippen MR) is 90.5 cm³/mol. The lowest BCUT2D eigenvalue weighted by atomic mass is 10.2. The molecule has 108 valence electrons. The van der Waals surface area contributed by atoms with Gasteiger partial charge < -0.3 is 0 Å². The number of rotatable bonds is 3. The second-order valence-electron chi connectivity index (χ2n) is 5.09. The molecule has 2 heterocycles. The fraction of sp³-hybridized carbons (Fsp3) is 0.250. The molecule has 0 N–H and O–H groups in total. The minimum atomic E-state index is 0.537. The lowest BCUT2D eigenvalue weighted by molar-refractivity contribution is 0.904. The Hall–Kier alpha value is -1.39. The third-order valence-electron chi connectivity index (χ3n) is 3.44. The summed E-state index contributed by atoms with van der Waals surface area (Å²) in [6.45, 7) is 4.09. The van der Waals surface area contributed by atoms with Crippen molar-refractivity contribution in [2.24, 2.45) is 0 Å². The van der Waals surface area contributed by atoms with Crippen LogP contribution in [0.25, 0.3) is 16.9 Å². The van der Waals surface area contributed by atoms with Gasteiger partial charge in [0.2, 0.25) is 0 Å². The van der Waals surface area contributed by atoms with Crippen LogP contribution in [-0.4, -0.2) is 20.4 Å². The molecule has 0 saturated heterocycles. The van der Waals surface area contributed by atoms with E-state index in [1.807, 2.05) is 13.1 Å². The largest absolute Gasteiger partial charge is 0.281 e. The summed E-state index contributed by atoms with van der Waals surface area (Å²) in [5.74, 6) is 1.48. The summed E-state index contributed by atoms with van der Waals surface area (Å²) in [6, 6.07) is 8.32. The summed E-state index contributed by atoms with van der Waals surface area (Å²) in [5, 5.41) is 0. The Morgan fingerprint density at radius 2 is 2.05 bits per heavy atom. The topological polar surface area (TPSA) is 30.7 Å². The SMILES string of the molecule is Cc1cnc2c(c1)nc(CCCl)n2-c1ccc(C)c(Br)c1. The van der Waals surface area contributed by atoms with Crippen LogP contribution in [0.2, 0.25) is 0 Å². The van der Waals surface area contributed by atoms with Crippen molar-refractivity contribution in [3.63, 3.8) is 0 Å². The quantitative estimate of drug-likeness (QED) is 0.637. The first-order valence-electron chi connectivity index (χ1n) is 6.76. The van der Waals surface area contributed by atoms with E-state index in [0.29, 0.717) is 12.3 Å². The number of alkyl halides is 1. The molecule has 3 nitrogen and oxygen atoms in total. The first-order valence-corrected chi connectivity index (χ1v) is 8.09. The molecule has 3 aromatic rings. The monoisotopic (exact) mass is 363 g/mol. The van der Waals surface area contributed by atoms with Crippen molar-refractivity contribution in [1.29, 1.82) is 0 Å². The van der Waals surface area contributed by atoms with Crippen LogP contribution in [0.5, 0.6) is 0 Å². The van der Waals surface area contributed by atoms with Crippen molar-refractivity contribution in [1.82, 2.24) is 14.5 Å². The van der Waals surface area contributed by atoms with Crippen LogP contribution >= 0.6 is 27.5 Å². The van der Waals surface area contributed by atoms with Gasteiger partial charge in [0.25, 0.3) is 0 Å². The molecule has 0 spiro atoms. The van der Waals surface area contributed by atoms with E-state index in [1.54, 1.807) is 0 Å². The van der Waals surface area contributed by atoms with Crippen molar-refractivity contribution >= 4 is 38.7 Å². The van der Waals surface area contributed by atoms with E-state index in [-0.39, 0.29) is 0 Å². The summed E-state index contributed by atoms with van der Waals surface area (Å²) >= 11 is 9.52. The molecule has 0 saturated carbocycles. The number of pyridine rings is 1. The van der Waals surface area contributed by atoms with Crippen molar-refractivity contribution in [2.45, 2.75) is 20.3 Å². The highest BCUT2D eigenvalue weighted by atomic mass is 79.9. The third-order valence-corrected chi connectivity index (χ3v) is 4.48. The van der Waals surface area contributed by atoms with E-state index < -0.39 is 0 Å². The van der Waals surface area contributed by atoms with E-state index in [2.05, 4.69) is 56.7 Å². The molecule has 0 aliphatic heterocycles. The van der Waals surface area contributed by atoms with Gasteiger partial charge in [0.1, 0.15) is 11.3 Å². The van der Waals surface area contributed by atoms with Gasteiger partial charge in [-0.25, -0.2) is 9.97 Å². The number of aryl methyl sites for hydroxylation is 3. The second-order valence-corrected chi connectivity index (χ2v) is 6.32. The van der Waals surface area contributed by atoms with E-state index in [9.17, 15) is 0 Å². The first kappa shape index (κ1) is 14.5. The number of hydrogen-bond acceptors (Lipinski definition) is 2. The van der Waals surface area contributed by atoms with Gasteiger partial charge in [-0.15, -0.1) is 11.6 Å². The molecule has 0 bridgehead atoms. The Bertz CT molecular complexity index is 811. The van der Waals surface area contributed by atoms with E-state index in [4.69, 9.17) is 16.6 Å². The summed E-state index contributed by atoms with van der Waals surface area (Å²) in [7, 11) is 0. The number of nitrogens with zero attached hydrogens (tertiary/aromatic N) is 3. The molecule has 21 heavy (non-hydrogen) atoms. The Labute approximate surface area is 137 Å². The van der Waals surface area contributed by atoms with Gasteiger partial charge in [0, 0.05) is 28.7 Å². The van der Waals surface area contributed by atoms with Crippen LogP contribution in [0.1, 0.15) is 17.0 Å². The molecular formula is C16H15BrClN3. The number of hydrogen-bond donors (Lipinski definition) is 0. The first-order chi connectivity index (χ1) is 10.1. The van der Waals surface area contributed by atoms with E-state index >= 15 is 0 Å². The van der Waals surface area contributed by atoms with Crippen LogP contribution in [0.3, 0.4) is 0 Å². The molecule has 0 unspecified atom stereocenters. The highest BCUT2D eigenvalue weighted by Crippen LogP contribution is 2.25. The summed E-state index contributed by atoms with van der Waals surface area (Å²) in [4.78, 5) is 9.25. The fourth-order valence-corrected chi connectivity index (χ4v) is 2.89. The van der Waals surface area contributed by atoms with Gasteiger partial charge in [-0.3, -0.25) is 4.57 Å². The molecule has 0 atom stereocenters. The molecule has 2 aromatic heterocycles. The van der Waals surface area contributed by atoms with Crippen LogP contribution in [0, 0.1) is 13.8 Å². The Balaban J connectivity index is 2.27. The highest BCUT2D eigenvalue weighted by molar-refractivity contribution is 9.10. The van der Waals surface area contributed by atoms with Gasteiger partial charge in [0.15, 0.2) is 5.65 Å². The Morgan fingerprint density at radius 3 is 2.76 bits per heavy atom. The van der Waals surface area contributed by atoms with Crippen LogP contribution < -0.4 is 0 Å². The van der Waals surface area contributed by atoms with E-state index in [0.717, 1.165) is 32.7 Å². The molecule has 5 heteroatoms. The van der Waals surface area contributed by atoms with Crippen LogP contribution in [0.15, 0.2) is 34.9 Å². The maximum absolute atomic E-state index is 5.93. The average molecular weight is 365 g/mol. The zero-order chi connectivity index (χ0) is 15.0. The number of halogens is 2. The van der Waals surface area contributed by atoms with Gasteiger partial charge in [-0.2, -0.15) is 0 Å². The third kappa shape index (κ3) is 2.70. The van der Waals surface area contributed by atoms with Gasteiger partial charge in [-0.1, -0.05) is 22.0 Å². The van der Waals surface area contributed by atoms with Crippen LogP contribution in [0.4, 0.5) is 0 Å². The van der Waals surface area contributed by atoms with Gasteiger partial charge in [0.05, 0.1) is 0 Å². The molecule has 0 radical (unpaired) electrons. The van der Waals surface area contributed by atoms with Crippen molar-refractivity contribution in [3.05, 3.63) is 51.9 Å². The van der Waals surface area contributed by atoms with Gasteiger partial charge >= 0.3 is 0 Å². The summed E-state index contributed by atoms with van der Waals surface area (Å²) < 4.78 is 3.16. The highest BCUT2D eigenvalue weighted by Gasteiger charge is 2.14. The Kier molecular flexibility index (Phi) is 4.00. The maximum atomic E-state index is 5.93. The van der Waals surface area contributed by atoms with Crippen molar-refractivity contribution in [2.75, 3.05) is 5.88 Å². The summed E-state index contributed by atoms with van der Waals surface area (Å²) in [6.07, 6.45) is 2.58. The molecular weight excluding hydrogens is 350 g/mol. The summed E-state index contributed by atoms with van der Waals surface area (Å²) in [5.41, 5.74) is 5.13. The lowest BCUT2D eigenvalue weighted by Gasteiger charge is -2.09. The smallest absolute Gasteiger partial charge is 0.164 e. The molecule has 3 rings (SSSR count). The zero-order valence-electron chi connectivity index (χ0n) is 11.9. The standard InChI is InChI=1S/C16H15BrClN3/c1-10-7-14-16(19-9-10)21(15(20-14)5-6-18)12-4-3-11(2)13(17)8-12/h3-4,7-9H,5-6H2,1-2H3. The molecule has 0 aliphatic rings. The predicted octanol–water partition coefficient (Wildman–Crippen LogP) is 4.58. The molecule has 1 aromatic carbocycles. The van der Waals surface area contributed by atoms with Crippen molar-refractivity contribution in [3.8, 4) is 5.69 Å². The number of imidazole rings is 1. The normalized spacial score (nSPS) is 11.2. The maximum Gasteiger partial charge on any atom is 0.164 e. The number of aromatic nitrogens is 3. The second kappa shape index (κ2) is 5.78. The minimum Gasteiger partial charge on any atom is -0.281 e. The lowest BCUT2D eigenvalue weighted by Crippen LogP contribution is -2.03. The van der Waals surface area contributed by atoms with E-state index in [1.165, 1.54) is 5.56 Å². The molecule has 0 aliphatic carbocycles. The minimum absolute atomic E-state index is 0.537.